The minimum atomic E-state index is -0.0729. The molecule has 0 unspecified atom stereocenters. The van der Waals surface area contributed by atoms with Gasteiger partial charge in [-0.3, -0.25) is 14.5 Å². The summed E-state index contributed by atoms with van der Waals surface area (Å²) in [5.41, 5.74) is 2.95. The highest BCUT2D eigenvalue weighted by atomic mass is 16.5. The van der Waals surface area contributed by atoms with E-state index in [4.69, 9.17) is 4.74 Å². The van der Waals surface area contributed by atoms with Gasteiger partial charge in [0.05, 0.1) is 25.5 Å². The molecule has 2 aromatic heterocycles. The third-order valence-corrected chi connectivity index (χ3v) is 5.87. The lowest BCUT2D eigenvalue weighted by molar-refractivity contribution is -0.121. The number of anilines is 1. The summed E-state index contributed by atoms with van der Waals surface area (Å²) in [6.45, 7) is 4.37. The molecule has 2 amide bonds. The maximum absolute atomic E-state index is 13.2. The molecule has 0 atom stereocenters. The fraction of sp³-hybridized carbons (Fsp3) is 0.348. The number of benzene rings is 1. The fourth-order valence-electron chi connectivity index (χ4n) is 4.23. The number of hydrogen-bond acceptors (Lipinski definition) is 5. The van der Waals surface area contributed by atoms with Gasteiger partial charge in [-0.2, -0.15) is 0 Å². The smallest absolute Gasteiger partial charge is 0.274 e. The highest BCUT2D eigenvalue weighted by molar-refractivity contribution is 5.96. The molecule has 5 rings (SSSR count). The summed E-state index contributed by atoms with van der Waals surface area (Å²) in [6.07, 6.45) is 1.93. The van der Waals surface area contributed by atoms with Gasteiger partial charge >= 0.3 is 0 Å². The Kier molecular flexibility index (Phi) is 5.40. The number of ether oxygens (including phenoxy) is 1. The Morgan fingerprint density at radius 3 is 2.52 bits per heavy atom. The average molecular weight is 419 g/mol. The van der Waals surface area contributed by atoms with E-state index in [1.165, 1.54) is 0 Å². The number of carbonyl (C=O) groups is 2. The van der Waals surface area contributed by atoms with Gasteiger partial charge in [0.2, 0.25) is 5.91 Å². The van der Waals surface area contributed by atoms with Gasteiger partial charge in [-0.05, 0) is 24.3 Å². The van der Waals surface area contributed by atoms with Gasteiger partial charge in [-0.15, -0.1) is 0 Å². The molecule has 31 heavy (non-hydrogen) atoms. The number of aromatic nitrogens is 2. The number of piperazine rings is 1. The average Bonchev–Trinajstić information content (AvgIpc) is 3.18. The number of nitrogens with zero attached hydrogens (tertiary/aromatic N) is 5. The number of carbonyl (C=O) groups excluding carboxylic acids is 2. The van der Waals surface area contributed by atoms with E-state index < -0.39 is 0 Å². The van der Waals surface area contributed by atoms with E-state index in [9.17, 15) is 9.59 Å². The van der Waals surface area contributed by atoms with Crippen molar-refractivity contribution in [1.29, 1.82) is 0 Å². The summed E-state index contributed by atoms with van der Waals surface area (Å²) < 4.78 is 7.34. The highest BCUT2D eigenvalue weighted by Gasteiger charge is 2.29. The molecule has 2 aliphatic rings. The number of morpholine rings is 1. The van der Waals surface area contributed by atoms with Crippen molar-refractivity contribution in [2.45, 2.75) is 6.54 Å². The first-order valence-corrected chi connectivity index (χ1v) is 10.6. The van der Waals surface area contributed by atoms with Crippen molar-refractivity contribution < 1.29 is 14.3 Å². The molecule has 160 valence electrons. The molecule has 2 fully saturated rings. The molecule has 8 nitrogen and oxygen atoms in total. The number of rotatable bonds is 4. The van der Waals surface area contributed by atoms with Crippen LogP contribution in [0.2, 0.25) is 0 Å². The molecule has 0 aliphatic carbocycles. The van der Waals surface area contributed by atoms with E-state index in [2.05, 4.69) is 9.88 Å². The maximum Gasteiger partial charge on any atom is 0.274 e. The van der Waals surface area contributed by atoms with E-state index in [0.717, 1.165) is 23.6 Å². The summed E-state index contributed by atoms with van der Waals surface area (Å²) in [4.78, 5) is 36.4. The van der Waals surface area contributed by atoms with Crippen LogP contribution in [0.5, 0.6) is 0 Å². The predicted molar refractivity (Wildman–Crippen MR) is 116 cm³/mol. The van der Waals surface area contributed by atoms with Crippen molar-refractivity contribution in [2.24, 2.45) is 0 Å². The third kappa shape index (κ3) is 3.92. The largest absolute Gasteiger partial charge is 0.378 e. The summed E-state index contributed by atoms with van der Waals surface area (Å²) in [5, 5.41) is 0. The van der Waals surface area contributed by atoms with E-state index in [0.29, 0.717) is 51.6 Å². The van der Waals surface area contributed by atoms with E-state index in [-0.39, 0.29) is 11.8 Å². The molecular formula is C23H25N5O3. The van der Waals surface area contributed by atoms with Crippen LogP contribution in [-0.2, 0) is 16.1 Å². The van der Waals surface area contributed by atoms with Gasteiger partial charge in [-0.25, -0.2) is 4.98 Å². The van der Waals surface area contributed by atoms with Crippen molar-refractivity contribution >= 4 is 23.1 Å². The second kappa shape index (κ2) is 8.49. The Morgan fingerprint density at radius 1 is 0.968 bits per heavy atom. The van der Waals surface area contributed by atoms with E-state index in [1.54, 1.807) is 4.90 Å². The van der Waals surface area contributed by atoms with Gasteiger partial charge in [0.1, 0.15) is 5.65 Å². The molecule has 3 aromatic rings. The Morgan fingerprint density at radius 2 is 1.74 bits per heavy atom. The maximum atomic E-state index is 13.2. The fourth-order valence-corrected chi connectivity index (χ4v) is 4.23. The second-order valence-corrected chi connectivity index (χ2v) is 7.83. The van der Waals surface area contributed by atoms with E-state index >= 15 is 0 Å². The summed E-state index contributed by atoms with van der Waals surface area (Å²) in [6, 6.07) is 15.5. The summed E-state index contributed by atoms with van der Waals surface area (Å²) in [5.74, 6) is -0.0106. The van der Waals surface area contributed by atoms with Crippen molar-refractivity contribution in [3.63, 3.8) is 0 Å². The van der Waals surface area contributed by atoms with Crippen LogP contribution in [-0.4, -0.2) is 76.9 Å². The summed E-state index contributed by atoms with van der Waals surface area (Å²) >= 11 is 0. The summed E-state index contributed by atoms with van der Waals surface area (Å²) in [7, 11) is 0. The van der Waals surface area contributed by atoms with E-state index in [1.807, 2.05) is 64.0 Å². The van der Waals surface area contributed by atoms with Gasteiger partial charge in [0.25, 0.3) is 5.91 Å². The van der Waals surface area contributed by atoms with Crippen LogP contribution in [0.3, 0.4) is 0 Å². The Labute approximate surface area is 180 Å². The van der Waals surface area contributed by atoms with Gasteiger partial charge in [-0.1, -0.05) is 24.3 Å². The number of fused-ring (bicyclic) bond motifs is 1. The highest BCUT2D eigenvalue weighted by Crippen LogP contribution is 2.21. The van der Waals surface area contributed by atoms with Crippen molar-refractivity contribution in [3.8, 4) is 0 Å². The Balaban J connectivity index is 1.39. The monoisotopic (exact) mass is 419 g/mol. The van der Waals surface area contributed by atoms with Crippen LogP contribution in [0.4, 0.5) is 5.69 Å². The molecule has 8 heteroatoms. The van der Waals surface area contributed by atoms with Gasteiger partial charge < -0.3 is 18.9 Å². The first-order valence-electron chi connectivity index (χ1n) is 10.6. The molecule has 0 radical (unpaired) electrons. The SMILES string of the molecule is O=C(c1nc2ccccn2c1CN1CCN(c2ccccc2)C(=O)C1)N1CCOCC1. The lowest BCUT2D eigenvalue weighted by Crippen LogP contribution is -2.50. The van der Waals surface area contributed by atoms with Crippen LogP contribution >= 0.6 is 0 Å². The molecule has 0 N–H and O–H groups in total. The second-order valence-electron chi connectivity index (χ2n) is 7.83. The van der Waals surface area contributed by atoms with Crippen LogP contribution in [0.25, 0.3) is 5.65 Å². The van der Waals surface area contributed by atoms with Crippen molar-refractivity contribution in [1.82, 2.24) is 19.2 Å². The van der Waals surface area contributed by atoms with Crippen molar-refractivity contribution in [2.75, 3.05) is 50.8 Å². The Bertz CT molecular complexity index is 1090. The number of hydrogen-bond donors (Lipinski definition) is 0. The molecule has 0 saturated carbocycles. The number of para-hydroxylation sites is 1. The minimum absolute atomic E-state index is 0.0623. The topological polar surface area (TPSA) is 70.4 Å². The molecule has 0 bridgehead atoms. The van der Waals surface area contributed by atoms with Crippen LogP contribution in [0.1, 0.15) is 16.2 Å². The minimum Gasteiger partial charge on any atom is -0.378 e. The quantitative estimate of drug-likeness (QED) is 0.643. The molecule has 4 heterocycles. The van der Waals surface area contributed by atoms with Crippen LogP contribution in [0.15, 0.2) is 54.7 Å². The first-order chi connectivity index (χ1) is 15.2. The number of pyridine rings is 1. The zero-order valence-corrected chi connectivity index (χ0v) is 17.3. The molecule has 1 aromatic carbocycles. The molecule has 2 aliphatic heterocycles. The molecule has 2 saturated heterocycles. The number of amides is 2. The lowest BCUT2D eigenvalue weighted by Gasteiger charge is -2.34. The van der Waals surface area contributed by atoms with Crippen molar-refractivity contribution in [3.05, 3.63) is 66.1 Å². The molecular weight excluding hydrogens is 394 g/mol. The lowest BCUT2D eigenvalue weighted by atomic mass is 10.2. The zero-order valence-electron chi connectivity index (χ0n) is 17.3. The third-order valence-electron chi connectivity index (χ3n) is 5.87. The normalized spacial score (nSPS) is 18.0. The zero-order chi connectivity index (χ0) is 21.2. The first kappa shape index (κ1) is 19.7. The van der Waals surface area contributed by atoms with Crippen LogP contribution in [0, 0.1) is 0 Å². The number of imidazole rings is 1. The standard InChI is InChI=1S/C23H25N5O3/c29-21-17-25(10-11-27(21)18-6-2-1-3-7-18)16-19-22(23(30)26-12-14-31-15-13-26)24-20-8-4-5-9-28(19)20/h1-9H,10-17H2. The van der Waals surface area contributed by atoms with Gasteiger partial charge in [0, 0.05) is 44.6 Å². The predicted octanol–water partition coefficient (Wildman–Crippen LogP) is 1.66. The van der Waals surface area contributed by atoms with Crippen LogP contribution < -0.4 is 4.90 Å². The molecule has 0 spiro atoms. The van der Waals surface area contributed by atoms with Gasteiger partial charge in [0.15, 0.2) is 5.69 Å². The Hall–Kier alpha value is -3.23.